The van der Waals surface area contributed by atoms with E-state index in [9.17, 15) is 9.90 Å². The molecule has 0 aromatic carbocycles. The van der Waals surface area contributed by atoms with Gasteiger partial charge in [0.15, 0.2) is 0 Å². The summed E-state index contributed by atoms with van der Waals surface area (Å²) < 4.78 is 10.9. The van der Waals surface area contributed by atoms with E-state index in [-0.39, 0.29) is 24.5 Å². The van der Waals surface area contributed by atoms with Crippen LogP contribution in [0.2, 0.25) is 0 Å². The van der Waals surface area contributed by atoms with Gasteiger partial charge in [0.2, 0.25) is 0 Å². The van der Waals surface area contributed by atoms with E-state index in [4.69, 9.17) is 15.2 Å². The van der Waals surface area contributed by atoms with Gasteiger partial charge in [-0.25, -0.2) is 4.79 Å². The zero-order chi connectivity index (χ0) is 14.3. The van der Waals surface area contributed by atoms with Gasteiger partial charge in [0, 0.05) is 24.9 Å². The predicted molar refractivity (Wildman–Crippen MR) is 69.6 cm³/mol. The van der Waals surface area contributed by atoms with Crippen molar-refractivity contribution in [2.75, 3.05) is 32.9 Å². The highest BCUT2D eigenvalue weighted by molar-refractivity contribution is 5.68. The first-order chi connectivity index (χ1) is 8.76. The van der Waals surface area contributed by atoms with Crippen LogP contribution < -0.4 is 5.73 Å². The molecule has 2 aliphatic heterocycles. The molecule has 2 aliphatic rings. The van der Waals surface area contributed by atoms with E-state index in [1.54, 1.807) is 4.90 Å². The molecule has 3 N–H and O–H groups in total. The zero-order valence-corrected chi connectivity index (χ0v) is 11.9. The SMILES string of the molecule is CC(C)(C)OC(=O)N1CC2COCC(C1)C2(N)CO. The summed E-state index contributed by atoms with van der Waals surface area (Å²) in [6, 6.07) is 0. The number of piperidine rings is 1. The third-order valence-electron chi connectivity index (χ3n) is 3.97. The molecule has 2 atom stereocenters. The molecule has 0 spiro atoms. The molecule has 0 aromatic rings. The molecular formula is C13H24N2O4. The van der Waals surface area contributed by atoms with E-state index >= 15 is 0 Å². The van der Waals surface area contributed by atoms with Gasteiger partial charge < -0.3 is 25.2 Å². The van der Waals surface area contributed by atoms with E-state index in [1.165, 1.54) is 0 Å². The first-order valence-corrected chi connectivity index (χ1v) is 6.71. The van der Waals surface area contributed by atoms with Gasteiger partial charge in [0.1, 0.15) is 5.60 Å². The molecule has 0 saturated carbocycles. The van der Waals surface area contributed by atoms with Gasteiger partial charge in [-0.2, -0.15) is 0 Å². The molecule has 2 saturated heterocycles. The summed E-state index contributed by atoms with van der Waals surface area (Å²) in [5.41, 5.74) is 5.14. The third-order valence-corrected chi connectivity index (χ3v) is 3.97. The predicted octanol–water partition coefficient (Wildman–Crippen LogP) is 0.190. The minimum absolute atomic E-state index is 0.0440. The Labute approximate surface area is 113 Å². The Morgan fingerprint density at radius 3 is 2.37 bits per heavy atom. The lowest BCUT2D eigenvalue weighted by molar-refractivity contribution is -0.111. The first kappa shape index (κ1) is 14.6. The topological polar surface area (TPSA) is 85.0 Å². The van der Waals surface area contributed by atoms with Crippen LogP contribution in [0.4, 0.5) is 4.79 Å². The highest BCUT2D eigenvalue weighted by Gasteiger charge is 2.51. The molecule has 0 radical (unpaired) electrons. The third kappa shape index (κ3) is 2.85. The fourth-order valence-electron chi connectivity index (χ4n) is 2.78. The van der Waals surface area contributed by atoms with Crippen LogP contribution in [0.25, 0.3) is 0 Å². The van der Waals surface area contributed by atoms with Crippen LogP contribution in [-0.4, -0.2) is 60.1 Å². The van der Waals surface area contributed by atoms with Gasteiger partial charge in [-0.15, -0.1) is 0 Å². The van der Waals surface area contributed by atoms with Crippen molar-refractivity contribution in [3.8, 4) is 0 Å². The van der Waals surface area contributed by atoms with Crippen LogP contribution >= 0.6 is 0 Å². The van der Waals surface area contributed by atoms with Crippen LogP contribution in [0.15, 0.2) is 0 Å². The number of nitrogens with two attached hydrogens (primary N) is 1. The minimum atomic E-state index is -0.642. The van der Waals surface area contributed by atoms with Crippen LogP contribution in [0.1, 0.15) is 20.8 Å². The maximum atomic E-state index is 12.1. The number of amides is 1. The van der Waals surface area contributed by atoms with Gasteiger partial charge in [-0.1, -0.05) is 0 Å². The number of ether oxygens (including phenoxy) is 2. The summed E-state index contributed by atoms with van der Waals surface area (Å²) in [6.45, 7) is 7.37. The van der Waals surface area contributed by atoms with Crippen LogP contribution in [-0.2, 0) is 9.47 Å². The first-order valence-electron chi connectivity index (χ1n) is 6.71. The Balaban J connectivity index is 2.07. The van der Waals surface area contributed by atoms with Crippen molar-refractivity contribution in [1.29, 1.82) is 0 Å². The number of hydrogen-bond acceptors (Lipinski definition) is 5. The van der Waals surface area contributed by atoms with Crippen molar-refractivity contribution in [1.82, 2.24) is 4.90 Å². The maximum absolute atomic E-state index is 12.1. The molecule has 2 bridgehead atoms. The molecule has 2 heterocycles. The molecule has 1 amide bonds. The molecular weight excluding hydrogens is 248 g/mol. The van der Waals surface area contributed by atoms with Crippen molar-refractivity contribution >= 4 is 6.09 Å². The number of aliphatic hydroxyl groups excluding tert-OH is 1. The van der Waals surface area contributed by atoms with E-state index in [0.717, 1.165) is 0 Å². The second kappa shape index (κ2) is 4.92. The van der Waals surface area contributed by atoms with Crippen molar-refractivity contribution in [3.63, 3.8) is 0 Å². The lowest BCUT2D eigenvalue weighted by Crippen LogP contribution is -2.70. The average Bonchev–Trinajstić information content (AvgIpc) is 2.25. The van der Waals surface area contributed by atoms with Crippen molar-refractivity contribution in [3.05, 3.63) is 0 Å². The van der Waals surface area contributed by atoms with Crippen LogP contribution in [0.5, 0.6) is 0 Å². The average molecular weight is 272 g/mol. The second-order valence-corrected chi connectivity index (χ2v) is 6.59. The van der Waals surface area contributed by atoms with Crippen molar-refractivity contribution in [2.45, 2.75) is 31.9 Å². The van der Waals surface area contributed by atoms with Gasteiger partial charge in [-0.05, 0) is 20.8 Å². The van der Waals surface area contributed by atoms with E-state index in [0.29, 0.717) is 26.3 Å². The van der Waals surface area contributed by atoms with Gasteiger partial charge in [0.25, 0.3) is 0 Å². The van der Waals surface area contributed by atoms with Crippen LogP contribution in [0, 0.1) is 11.8 Å². The molecule has 6 nitrogen and oxygen atoms in total. The monoisotopic (exact) mass is 272 g/mol. The molecule has 110 valence electrons. The highest BCUT2D eigenvalue weighted by atomic mass is 16.6. The molecule has 19 heavy (non-hydrogen) atoms. The number of likely N-dealkylation sites (tertiary alicyclic amines) is 1. The number of rotatable bonds is 1. The maximum Gasteiger partial charge on any atom is 0.410 e. The van der Waals surface area contributed by atoms with Gasteiger partial charge in [0.05, 0.1) is 25.4 Å². The van der Waals surface area contributed by atoms with Crippen LogP contribution in [0.3, 0.4) is 0 Å². The number of carbonyl (C=O) groups excluding carboxylic acids is 1. The molecule has 6 heteroatoms. The number of carbonyl (C=O) groups is 1. The Bertz CT molecular complexity index is 339. The largest absolute Gasteiger partial charge is 0.444 e. The highest BCUT2D eigenvalue weighted by Crippen LogP contribution is 2.35. The molecule has 0 aromatic heterocycles. The quantitative estimate of drug-likeness (QED) is 0.712. The van der Waals surface area contributed by atoms with E-state index in [1.807, 2.05) is 20.8 Å². The lowest BCUT2D eigenvalue weighted by atomic mass is 9.71. The smallest absolute Gasteiger partial charge is 0.410 e. The second-order valence-electron chi connectivity index (χ2n) is 6.59. The summed E-state index contributed by atoms with van der Waals surface area (Å²) >= 11 is 0. The van der Waals surface area contributed by atoms with Gasteiger partial charge >= 0.3 is 6.09 Å². The normalized spacial score (nSPS) is 35.1. The number of nitrogens with zero attached hydrogens (tertiary/aromatic N) is 1. The molecule has 2 rings (SSSR count). The fraction of sp³-hybridized carbons (Fsp3) is 0.923. The Kier molecular flexibility index (Phi) is 3.77. The summed E-state index contributed by atoms with van der Waals surface area (Å²) in [5, 5.41) is 9.55. The molecule has 2 fully saturated rings. The summed E-state index contributed by atoms with van der Waals surface area (Å²) in [4.78, 5) is 13.8. The molecule has 2 unspecified atom stereocenters. The summed E-state index contributed by atoms with van der Waals surface area (Å²) in [7, 11) is 0. The zero-order valence-electron chi connectivity index (χ0n) is 11.9. The Morgan fingerprint density at radius 1 is 1.42 bits per heavy atom. The standard InChI is InChI=1S/C13H24N2O4/c1-12(2,3)19-11(17)15-4-9-6-18-7-10(5-15)13(9,14)8-16/h9-10,16H,4-8,14H2,1-3H3. The molecule has 0 aliphatic carbocycles. The lowest BCUT2D eigenvalue weighted by Gasteiger charge is -2.52. The Hall–Kier alpha value is -0.850. The summed E-state index contributed by atoms with van der Waals surface area (Å²) in [5.74, 6) is -0.0879. The number of hydrogen-bond donors (Lipinski definition) is 2. The fourth-order valence-corrected chi connectivity index (χ4v) is 2.78. The number of fused-ring (bicyclic) bond motifs is 2. The number of aliphatic hydroxyl groups is 1. The van der Waals surface area contributed by atoms with Crippen molar-refractivity contribution in [2.24, 2.45) is 17.6 Å². The summed E-state index contributed by atoms with van der Waals surface area (Å²) in [6.07, 6.45) is -0.315. The van der Waals surface area contributed by atoms with Crippen molar-refractivity contribution < 1.29 is 19.4 Å². The van der Waals surface area contributed by atoms with E-state index < -0.39 is 11.1 Å². The minimum Gasteiger partial charge on any atom is -0.444 e. The van der Waals surface area contributed by atoms with E-state index in [2.05, 4.69) is 0 Å². The Morgan fingerprint density at radius 2 is 1.95 bits per heavy atom. The van der Waals surface area contributed by atoms with Gasteiger partial charge in [-0.3, -0.25) is 0 Å².